The van der Waals surface area contributed by atoms with Crippen molar-refractivity contribution in [2.75, 3.05) is 13.2 Å². The van der Waals surface area contributed by atoms with E-state index in [1.165, 1.54) is 0 Å². The van der Waals surface area contributed by atoms with Crippen molar-refractivity contribution >= 4 is 5.97 Å². The van der Waals surface area contributed by atoms with Crippen LogP contribution in [0.4, 0.5) is 0 Å². The predicted octanol–water partition coefficient (Wildman–Crippen LogP) is 1.20. The third-order valence-electron chi connectivity index (χ3n) is 2.62. The van der Waals surface area contributed by atoms with E-state index in [0.29, 0.717) is 19.6 Å². The van der Waals surface area contributed by atoms with Crippen LogP contribution in [0.5, 0.6) is 0 Å². The van der Waals surface area contributed by atoms with Gasteiger partial charge < -0.3 is 19.9 Å². The second-order valence-corrected chi connectivity index (χ2v) is 4.70. The quantitative estimate of drug-likeness (QED) is 0.737. The molecule has 0 unspecified atom stereocenters. The van der Waals surface area contributed by atoms with Gasteiger partial charge in [0.05, 0.1) is 25.2 Å². The summed E-state index contributed by atoms with van der Waals surface area (Å²) < 4.78 is 16.4. The van der Waals surface area contributed by atoms with E-state index in [1.807, 2.05) is 13.8 Å². The molecule has 100 valence electrons. The molecule has 2 N–H and O–H groups in total. The fourth-order valence-electron chi connectivity index (χ4n) is 2.11. The number of hydrogen-bond acceptors (Lipinski definition) is 5. The molecule has 0 aromatic carbocycles. The van der Waals surface area contributed by atoms with Crippen molar-refractivity contribution in [3.05, 3.63) is 0 Å². The molecule has 0 aliphatic carbocycles. The Balaban J connectivity index is 2.51. The van der Waals surface area contributed by atoms with Crippen LogP contribution in [0.25, 0.3) is 0 Å². The van der Waals surface area contributed by atoms with Crippen LogP contribution in [0.3, 0.4) is 0 Å². The summed E-state index contributed by atoms with van der Waals surface area (Å²) in [6.45, 7) is 6.48. The van der Waals surface area contributed by atoms with Crippen LogP contribution in [0.1, 0.15) is 40.0 Å². The van der Waals surface area contributed by atoms with Gasteiger partial charge >= 0.3 is 5.97 Å². The van der Waals surface area contributed by atoms with Crippen molar-refractivity contribution < 1.29 is 19.0 Å². The summed E-state index contributed by atoms with van der Waals surface area (Å²) >= 11 is 0. The van der Waals surface area contributed by atoms with Gasteiger partial charge in [-0.1, -0.05) is 0 Å². The first-order valence-corrected chi connectivity index (χ1v) is 6.18. The molecule has 1 aliphatic heterocycles. The minimum Gasteiger partial charge on any atom is -0.466 e. The molecule has 0 aromatic rings. The Morgan fingerprint density at radius 3 is 2.65 bits per heavy atom. The van der Waals surface area contributed by atoms with Crippen LogP contribution < -0.4 is 5.73 Å². The first-order valence-electron chi connectivity index (χ1n) is 6.18. The Kier molecular flexibility index (Phi) is 5.36. The van der Waals surface area contributed by atoms with E-state index in [0.717, 1.165) is 6.42 Å². The van der Waals surface area contributed by atoms with Crippen LogP contribution in [0.15, 0.2) is 0 Å². The molecule has 0 spiro atoms. The molecule has 0 radical (unpaired) electrons. The van der Waals surface area contributed by atoms with Gasteiger partial charge in [-0.25, -0.2) is 0 Å². The summed E-state index contributed by atoms with van der Waals surface area (Å²) in [5, 5.41) is 0. The summed E-state index contributed by atoms with van der Waals surface area (Å²) in [4.78, 5) is 11.4. The normalized spacial score (nSPS) is 27.8. The molecular formula is C12H23NO4. The zero-order chi connectivity index (χ0) is 12.9. The lowest BCUT2D eigenvalue weighted by Crippen LogP contribution is -2.45. The average Bonchev–Trinajstić information content (AvgIpc) is 2.15. The maximum absolute atomic E-state index is 11.4. The molecule has 0 saturated carbocycles. The lowest BCUT2D eigenvalue weighted by atomic mass is 10.0. The monoisotopic (exact) mass is 245 g/mol. The maximum Gasteiger partial charge on any atom is 0.308 e. The van der Waals surface area contributed by atoms with Gasteiger partial charge in [0.1, 0.15) is 0 Å². The largest absolute Gasteiger partial charge is 0.466 e. The van der Waals surface area contributed by atoms with Crippen molar-refractivity contribution in [1.29, 1.82) is 0 Å². The maximum atomic E-state index is 11.4. The summed E-state index contributed by atoms with van der Waals surface area (Å²) in [5.41, 5.74) is 5.53. The highest BCUT2D eigenvalue weighted by atomic mass is 16.7. The van der Waals surface area contributed by atoms with Crippen LogP contribution in [0.2, 0.25) is 0 Å². The van der Waals surface area contributed by atoms with Gasteiger partial charge in [-0.15, -0.1) is 0 Å². The lowest BCUT2D eigenvalue weighted by Gasteiger charge is -2.40. The number of hydrogen-bond donors (Lipinski definition) is 1. The number of carbonyl (C=O) groups is 1. The van der Waals surface area contributed by atoms with E-state index < -0.39 is 5.79 Å². The summed E-state index contributed by atoms with van der Waals surface area (Å²) in [5.74, 6) is -0.878. The lowest BCUT2D eigenvalue weighted by molar-refractivity contribution is -0.300. The highest BCUT2D eigenvalue weighted by Gasteiger charge is 2.36. The van der Waals surface area contributed by atoms with Gasteiger partial charge in [-0.3, -0.25) is 4.79 Å². The molecule has 1 heterocycles. The molecule has 5 heteroatoms. The van der Waals surface area contributed by atoms with Gasteiger partial charge in [-0.2, -0.15) is 0 Å². The molecule has 0 bridgehead atoms. The molecule has 5 nitrogen and oxygen atoms in total. The van der Waals surface area contributed by atoms with E-state index in [1.54, 1.807) is 6.92 Å². The van der Waals surface area contributed by atoms with E-state index in [2.05, 4.69) is 0 Å². The predicted molar refractivity (Wildman–Crippen MR) is 63.4 cm³/mol. The molecule has 0 amide bonds. The highest BCUT2D eigenvalue weighted by Crippen LogP contribution is 2.29. The number of nitrogens with two attached hydrogens (primary N) is 1. The van der Waals surface area contributed by atoms with Crippen molar-refractivity contribution in [2.24, 2.45) is 5.73 Å². The molecule has 1 fully saturated rings. The van der Waals surface area contributed by atoms with Crippen LogP contribution >= 0.6 is 0 Å². The molecule has 1 rings (SSSR count). The summed E-state index contributed by atoms with van der Waals surface area (Å²) in [6.07, 6.45) is 1.67. The third kappa shape index (κ3) is 5.02. The van der Waals surface area contributed by atoms with Crippen LogP contribution in [-0.4, -0.2) is 37.1 Å². The average molecular weight is 245 g/mol. The van der Waals surface area contributed by atoms with Crippen molar-refractivity contribution in [3.8, 4) is 0 Å². The van der Waals surface area contributed by atoms with Crippen molar-refractivity contribution in [3.63, 3.8) is 0 Å². The van der Waals surface area contributed by atoms with E-state index in [4.69, 9.17) is 19.9 Å². The van der Waals surface area contributed by atoms with Gasteiger partial charge in [0.15, 0.2) is 5.79 Å². The summed E-state index contributed by atoms with van der Waals surface area (Å²) in [6, 6.07) is 0. The van der Waals surface area contributed by atoms with Gasteiger partial charge in [0.25, 0.3) is 0 Å². The number of esters is 1. The topological polar surface area (TPSA) is 70.8 Å². The second kappa shape index (κ2) is 6.33. The first kappa shape index (κ1) is 14.4. The fraction of sp³-hybridized carbons (Fsp3) is 0.917. The van der Waals surface area contributed by atoms with Gasteiger partial charge in [-0.05, 0) is 33.7 Å². The minimum absolute atomic E-state index is 0.0585. The Labute approximate surface area is 103 Å². The molecule has 0 aromatic heterocycles. The van der Waals surface area contributed by atoms with E-state index >= 15 is 0 Å². The van der Waals surface area contributed by atoms with Crippen LogP contribution in [-0.2, 0) is 19.0 Å². The molecule has 1 aliphatic rings. The van der Waals surface area contributed by atoms with E-state index in [9.17, 15) is 4.79 Å². The Morgan fingerprint density at radius 1 is 1.41 bits per heavy atom. The van der Waals surface area contributed by atoms with Crippen molar-refractivity contribution in [2.45, 2.75) is 58.0 Å². The molecular weight excluding hydrogens is 222 g/mol. The van der Waals surface area contributed by atoms with Gasteiger partial charge in [0, 0.05) is 6.42 Å². The minimum atomic E-state index is -0.657. The van der Waals surface area contributed by atoms with Crippen LogP contribution in [0, 0.1) is 0 Å². The first-order chi connectivity index (χ1) is 7.96. The number of ether oxygens (including phenoxy) is 3. The summed E-state index contributed by atoms with van der Waals surface area (Å²) in [7, 11) is 0. The zero-order valence-electron chi connectivity index (χ0n) is 10.9. The Hall–Kier alpha value is -0.650. The number of rotatable bonds is 5. The zero-order valence-corrected chi connectivity index (χ0v) is 10.9. The fourth-order valence-corrected chi connectivity index (χ4v) is 2.11. The highest BCUT2D eigenvalue weighted by molar-refractivity contribution is 5.69. The second-order valence-electron chi connectivity index (χ2n) is 4.70. The molecule has 17 heavy (non-hydrogen) atoms. The molecule has 1 saturated heterocycles. The standard InChI is InChI=1S/C12H23NO4/c1-4-15-11(14)8-10-7-9(5-6-13)16-12(2,3)17-10/h9-10H,4-8,13H2,1-3H3/t9-,10-/m1/s1. The number of carbonyl (C=O) groups excluding carboxylic acids is 1. The van der Waals surface area contributed by atoms with Crippen molar-refractivity contribution in [1.82, 2.24) is 0 Å². The SMILES string of the molecule is CCOC(=O)C[C@H]1C[C@@H](CCN)OC(C)(C)O1. The van der Waals surface area contributed by atoms with E-state index in [-0.39, 0.29) is 24.6 Å². The smallest absolute Gasteiger partial charge is 0.308 e. The Morgan fingerprint density at radius 2 is 2.06 bits per heavy atom. The third-order valence-corrected chi connectivity index (χ3v) is 2.62. The molecule has 2 atom stereocenters. The Bertz CT molecular complexity index is 255. The van der Waals surface area contributed by atoms with Gasteiger partial charge in [0.2, 0.25) is 0 Å².